The monoisotopic (exact) mass is 184 g/mol. The van der Waals surface area contributed by atoms with Crippen molar-refractivity contribution in [1.29, 1.82) is 0 Å². The van der Waals surface area contributed by atoms with Crippen LogP contribution in [0.3, 0.4) is 0 Å². The van der Waals surface area contributed by atoms with Crippen LogP contribution in [0.2, 0.25) is 0 Å². The lowest BCUT2D eigenvalue weighted by Gasteiger charge is -2.16. The third kappa shape index (κ3) is 1.02. The first kappa shape index (κ1) is 7.90. The Kier molecular flexibility index (Phi) is 1.45. The zero-order valence-electron chi connectivity index (χ0n) is 6.31. The Morgan fingerprint density at radius 2 is 1.54 bits per heavy atom. The zero-order valence-corrected chi connectivity index (χ0v) is 6.31. The number of hydrogen-bond donors (Lipinski definition) is 0. The summed E-state index contributed by atoms with van der Waals surface area (Å²) in [6.45, 7) is 0. The van der Waals surface area contributed by atoms with E-state index in [1.54, 1.807) is 0 Å². The number of hydrogen-bond acceptors (Lipinski definition) is 6. The standard InChI is InChI=1S/C7H4O6/c8-3-1-2-4(6(10)12-3)7(11)13-5(2)9/h2,4H,1H2/t2-,4?/m0/s1. The lowest BCUT2D eigenvalue weighted by atomic mass is 9.90. The van der Waals surface area contributed by atoms with Crippen molar-refractivity contribution in [2.45, 2.75) is 6.42 Å². The molecule has 2 rings (SSSR count). The van der Waals surface area contributed by atoms with Gasteiger partial charge < -0.3 is 9.47 Å². The van der Waals surface area contributed by atoms with Crippen LogP contribution >= 0.6 is 0 Å². The zero-order chi connectivity index (χ0) is 9.59. The molecular weight excluding hydrogens is 180 g/mol. The third-order valence-corrected chi connectivity index (χ3v) is 2.02. The van der Waals surface area contributed by atoms with E-state index in [1.807, 2.05) is 0 Å². The average molecular weight is 184 g/mol. The highest BCUT2D eigenvalue weighted by Gasteiger charge is 2.54. The van der Waals surface area contributed by atoms with E-state index in [9.17, 15) is 19.2 Å². The first-order chi connectivity index (χ1) is 6.09. The van der Waals surface area contributed by atoms with Crippen molar-refractivity contribution < 1.29 is 28.7 Å². The summed E-state index contributed by atoms with van der Waals surface area (Å²) in [5.41, 5.74) is 0. The van der Waals surface area contributed by atoms with Gasteiger partial charge in [-0.2, -0.15) is 0 Å². The lowest BCUT2D eigenvalue weighted by Crippen LogP contribution is -2.37. The van der Waals surface area contributed by atoms with Crippen molar-refractivity contribution in [3.63, 3.8) is 0 Å². The molecule has 2 aliphatic heterocycles. The summed E-state index contributed by atoms with van der Waals surface area (Å²) in [5, 5.41) is 0. The molecule has 0 amide bonds. The lowest BCUT2D eigenvalue weighted by molar-refractivity contribution is -0.171. The van der Waals surface area contributed by atoms with Crippen LogP contribution in [0.4, 0.5) is 0 Å². The first-order valence-corrected chi connectivity index (χ1v) is 3.59. The summed E-state index contributed by atoms with van der Waals surface area (Å²) in [6, 6.07) is 0. The highest BCUT2D eigenvalue weighted by molar-refractivity contribution is 6.12. The molecule has 6 heteroatoms. The van der Waals surface area contributed by atoms with Crippen molar-refractivity contribution in [2.24, 2.45) is 11.8 Å². The fourth-order valence-electron chi connectivity index (χ4n) is 1.40. The predicted octanol–water partition coefficient (Wildman–Crippen LogP) is -1.22. The second-order valence-electron chi connectivity index (χ2n) is 2.82. The number of carbonyl (C=O) groups is 4. The largest absolute Gasteiger partial charge is 0.392 e. The Labute approximate surface area is 71.8 Å². The van der Waals surface area contributed by atoms with Gasteiger partial charge in [-0.25, -0.2) is 0 Å². The number of carbonyl (C=O) groups excluding carboxylic acids is 4. The molecule has 0 bridgehead atoms. The Morgan fingerprint density at radius 3 is 2.23 bits per heavy atom. The Hall–Kier alpha value is -1.72. The van der Waals surface area contributed by atoms with Crippen LogP contribution in [0.15, 0.2) is 0 Å². The molecule has 2 saturated heterocycles. The first-order valence-electron chi connectivity index (χ1n) is 3.59. The van der Waals surface area contributed by atoms with Gasteiger partial charge in [0.2, 0.25) is 0 Å². The second kappa shape index (κ2) is 2.38. The van der Waals surface area contributed by atoms with E-state index >= 15 is 0 Å². The summed E-state index contributed by atoms with van der Waals surface area (Å²) >= 11 is 0. The van der Waals surface area contributed by atoms with E-state index in [0.717, 1.165) is 0 Å². The van der Waals surface area contributed by atoms with Gasteiger partial charge in [-0.1, -0.05) is 0 Å². The van der Waals surface area contributed by atoms with E-state index in [1.165, 1.54) is 0 Å². The molecule has 2 aliphatic rings. The van der Waals surface area contributed by atoms with Crippen LogP contribution in [-0.4, -0.2) is 23.9 Å². The highest BCUT2D eigenvalue weighted by Crippen LogP contribution is 2.31. The van der Waals surface area contributed by atoms with Crippen molar-refractivity contribution in [1.82, 2.24) is 0 Å². The molecule has 68 valence electrons. The molecule has 0 aromatic heterocycles. The minimum Gasteiger partial charge on any atom is -0.392 e. The molecule has 0 saturated carbocycles. The van der Waals surface area contributed by atoms with Gasteiger partial charge in [0.1, 0.15) is 0 Å². The van der Waals surface area contributed by atoms with Crippen LogP contribution in [-0.2, 0) is 28.7 Å². The van der Waals surface area contributed by atoms with Gasteiger partial charge in [0.15, 0.2) is 5.92 Å². The van der Waals surface area contributed by atoms with Crippen LogP contribution < -0.4 is 0 Å². The molecule has 0 aliphatic carbocycles. The average Bonchev–Trinajstić information content (AvgIpc) is 2.27. The van der Waals surface area contributed by atoms with Gasteiger partial charge in [-0.05, 0) is 0 Å². The quantitative estimate of drug-likeness (QED) is 0.346. The van der Waals surface area contributed by atoms with Gasteiger partial charge in [-0.15, -0.1) is 0 Å². The van der Waals surface area contributed by atoms with Crippen molar-refractivity contribution in [3.8, 4) is 0 Å². The second-order valence-corrected chi connectivity index (χ2v) is 2.82. The molecule has 13 heavy (non-hydrogen) atoms. The normalized spacial score (nSPS) is 32.6. The molecule has 0 aromatic carbocycles. The van der Waals surface area contributed by atoms with Gasteiger partial charge >= 0.3 is 23.9 Å². The predicted molar refractivity (Wildman–Crippen MR) is 33.8 cm³/mol. The van der Waals surface area contributed by atoms with Gasteiger partial charge in [-0.3, -0.25) is 19.2 Å². The molecule has 0 spiro atoms. The topological polar surface area (TPSA) is 86.7 Å². The molecule has 2 fully saturated rings. The van der Waals surface area contributed by atoms with Gasteiger partial charge in [0, 0.05) is 0 Å². The van der Waals surface area contributed by atoms with E-state index < -0.39 is 35.7 Å². The molecule has 0 aromatic rings. The van der Waals surface area contributed by atoms with Crippen LogP contribution in [0.1, 0.15) is 6.42 Å². The smallest absolute Gasteiger partial charge is 0.328 e. The summed E-state index contributed by atoms with van der Waals surface area (Å²) < 4.78 is 8.38. The fraction of sp³-hybridized carbons (Fsp3) is 0.429. The van der Waals surface area contributed by atoms with Crippen molar-refractivity contribution in [3.05, 3.63) is 0 Å². The van der Waals surface area contributed by atoms with E-state index in [0.29, 0.717) is 0 Å². The number of ether oxygens (including phenoxy) is 2. The van der Waals surface area contributed by atoms with Crippen LogP contribution in [0.25, 0.3) is 0 Å². The maximum Gasteiger partial charge on any atom is 0.328 e. The molecule has 1 unspecified atom stereocenters. The number of rotatable bonds is 0. The minimum absolute atomic E-state index is 0.263. The van der Waals surface area contributed by atoms with Crippen LogP contribution in [0.5, 0.6) is 0 Å². The maximum absolute atomic E-state index is 10.9. The minimum atomic E-state index is -1.23. The fourth-order valence-corrected chi connectivity index (χ4v) is 1.40. The van der Waals surface area contributed by atoms with E-state index in [2.05, 4.69) is 9.47 Å². The Bertz CT molecular complexity index is 330. The summed E-state index contributed by atoms with van der Waals surface area (Å²) in [5.74, 6) is -5.73. The molecule has 0 radical (unpaired) electrons. The van der Waals surface area contributed by atoms with Gasteiger partial charge in [0.25, 0.3) is 0 Å². The number of esters is 4. The summed E-state index contributed by atoms with van der Waals surface area (Å²) in [6.07, 6.45) is -0.263. The Morgan fingerprint density at radius 1 is 0.923 bits per heavy atom. The van der Waals surface area contributed by atoms with Crippen molar-refractivity contribution >= 4 is 23.9 Å². The van der Waals surface area contributed by atoms with Crippen molar-refractivity contribution in [2.75, 3.05) is 0 Å². The number of fused-ring (bicyclic) bond motifs is 1. The molecule has 2 heterocycles. The maximum atomic E-state index is 10.9. The van der Waals surface area contributed by atoms with Crippen LogP contribution in [0, 0.1) is 11.8 Å². The third-order valence-electron chi connectivity index (χ3n) is 2.02. The highest BCUT2D eigenvalue weighted by atomic mass is 16.6. The van der Waals surface area contributed by atoms with Gasteiger partial charge in [0.05, 0.1) is 12.3 Å². The molecule has 6 nitrogen and oxygen atoms in total. The molecule has 0 N–H and O–H groups in total. The molecule has 2 atom stereocenters. The summed E-state index contributed by atoms with van der Waals surface area (Å²) in [4.78, 5) is 43.4. The Balaban J connectivity index is 2.34. The SMILES string of the molecule is O=C1C[C@@H]2C(=O)OC(=O)C2C(=O)O1. The van der Waals surface area contributed by atoms with E-state index in [-0.39, 0.29) is 6.42 Å². The summed E-state index contributed by atoms with van der Waals surface area (Å²) in [7, 11) is 0. The number of cyclic esters (lactones) is 4. The molecular formula is C7H4O6. The van der Waals surface area contributed by atoms with E-state index in [4.69, 9.17) is 0 Å².